The Morgan fingerprint density at radius 2 is 2.25 bits per heavy atom. The van der Waals surface area contributed by atoms with Gasteiger partial charge in [0.25, 0.3) is 0 Å². The zero-order chi connectivity index (χ0) is 14.6. The molecule has 20 heavy (non-hydrogen) atoms. The first-order chi connectivity index (χ1) is 9.64. The zero-order valence-electron chi connectivity index (χ0n) is 12.6. The van der Waals surface area contributed by atoms with Gasteiger partial charge in [-0.3, -0.25) is 0 Å². The minimum atomic E-state index is -0.221. The SMILES string of the molecule is CCC1CCCC(CN)(Cc2cccc(OC)c2F)C1. The van der Waals surface area contributed by atoms with Gasteiger partial charge in [0.2, 0.25) is 0 Å². The maximum Gasteiger partial charge on any atom is 0.168 e. The topological polar surface area (TPSA) is 35.2 Å². The van der Waals surface area contributed by atoms with Crippen molar-refractivity contribution in [2.24, 2.45) is 17.1 Å². The lowest BCUT2D eigenvalue weighted by Gasteiger charge is -2.40. The Bertz CT molecular complexity index is 449. The molecule has 0 spiro atoms. The number of hydrogen-bond acceptors (Lipinski definition) is 2. The highest BCUT2D eigenvalue weighted by molar-refractivity contribution is 5.32. The number of methoxy groups -OCH3 is 1. The van der Waals surface area contributed by atoms with Crippen LogP contribution < -0.4 is 10.5 Å². The summed E-state index contributed by atoms with van der Waals surface area (Å²) in [6.07, 6.45) is 6.65. The van der Waals surface area contributed by atoms with Crippen LogP contribution in [0.4, 0.5) is 4.39 Å². The van der Waals surface area contributed by atoms with E-state index in [2.05, 4.69) is 6.92 Å². The van der Waals surface area contributed by atoms with E-state index >= 15 is 0 Å². The molecule has 1 aliphatic carbocycles. The van der Waals surface area contributed by atoms with Crippen molar-refractivity contribution in [1.29, 1.82) is 0 Å². The third-order valence-electron chi connectivity index (χ3n) is 4.88. The van der Waals surface area contributed by atoms with Gasteiger partial charge in [0.05, 0.1) is 7.11 Å². The Kier molecular flexibility index (Phi) is 5.03. The van der Waals surface area contributed by atoms with Gasteiger partial charge in [-0.1, -0.05) is 38.3 Å². The van der Waals surface area contributed by atoms with E-state index in [1.165, 1.54) is 26.4 Å². The summed E-state index contributed by atoms with van der Waals surface area (Å²) >= 11 is 0. The highest BCUT2D eigenvalue weighted by Gasteiger charge is 2.35. The van der Waals surface area contributed by atoms with Crippen molar-refractivity contribution in [3.63, 3.8) is 0 Å². The Balaban J connectivity index is 2.21. The van der Waals surface area contributed by atoms with Gasteiger partial charge in [-0.05, 0) is 48.8 Å². The summed E-state index contributed by atoms with van der Waals surface area (Å²) in [5, 5.41) is 0. The normalized spacial score (nSPS) is 26.5. The molecule has 2 N–H and O–H groups in total. The van der Waals surface area contributed by atoms with E-state index in [0.717, 1.165) is 30.7 Å². The lowest BCUT2D eigenvalue weighted by atomic mass is 9.66. The number of nitrogens with two attached hydrogens (primary N) is 1. The lowest BCUT2D eigenvalue weighted by Crippen LogP contribution is -2.38. The molecule has 0 bridgehead atoms. The summed E-state index contributed by atoms with van der Waals surface area (Å²) in [7, 11) is 1.51. The van der Waals surface area contributed by atoms with Crippen molar-refractivity contribution in [3.05, 3.63) is 29.6 Å². The maximum absolute atomic E-state index is 14.3. The molecule has 0 saturated heterocycles. The highest BCUT2D eigenvalue weighted by atomic mass is 19.1. The van der Waals surface area contributed by atoms with Crippen molar-refractivity contribution >= 4 is 0 Å². The van der Waals surface area contributed by atoms with Crippen LogP contribution in [0.1, 0.15) is 44.6 Å². The molecule has 1 aromatic carbocycles. The van der Waals surface area contributed by atoms with Crippen LogP contribution in [0.5, 0.6) is 5.75 Å². The molecule has 2 nitrogen and oxygen atoms in total. The molecular weight excluding hydrogens is 253 g/mol. The number of benzene rings is 1. The number of halogens is 1. The van der Waals surface area contributed by atoms with E-state index in [0.29, 0.717) is 12.3 Å². The van der Waals surface area contributed by atoms with Crippen LogP contribution in [0.2, 0.25) is 0 Å². The van der Waals surface area contributed by atoms with E-state index in [1.54, 1.807) is 6.07 Å². The smallest absolute Gasteiger partial charge is 0.168 e. The minimum Gasteiger partial charge on any atom is -0.494 e. The summed E-state index contributed by atoms with van der Waals surface area (Å²) in [6, 6.07) is 5.40. The Labute approximate surface area is 121 Å². The van der Waals surface area contributed by atoms with Gasteiger partial charge < -0.3 is 10.5 Å². The van der Waals surface area contributed by atoms with Crippen LogP contribution >= 0.6 is 0 Å². The standard InChI is InChI=1S/C17H26FNO/c1-3-13-6-5-9-17(10-13,12-19)11-14-7-4-8-15(20-2)16(14)18/h4,7-8,13H,3,5-6,9-12,19H2,1-2H3. The summed E-state index contributed by atoms with van der Waals surface area (Å²) in [5.41, 5.74) is 6.87. The molecule has 2 rings (SSSR count). The molecule has 1 aromatic rings. The molecule has 112 valence electrons. The molecule has 2 atom stereocenters. The van der Waals surface area contributed by atoms with Gasteiger partial charge in [0.15, 0.2) is 11.6 Å². The molecule has 1 fully saturated rings. The number of rotatable bonds is 5. The van der Waals surface area contributed by atoms with Gasteiger partial charge in [-0.2, -0.15) is 0 Å². The quantitative estimate of drug-likeness (QED) is 0.886. The fourth-order valence-electron chi connectivity index (χ4n) is 3.60. The first-order valence-corrected chi connectivity index (χ1v) is 7.65. The molecule has 0 heterocycles. The average molecular weight is 279 g/mol. The van der Waals surface area contributed by atoms with Crippen LogP contribution in [0.15, 0.2) is 18.2 Å². The van der Waals surface area contributed by atoms with Gasteiger partial charge in [0.1, 0.15) is 0 Å². The fraction of sp³-hybridized carbons (Fsp3) is 0.647. The Morgan fingerprint density at radius 1 is 1.45 bits per heavy atom. The fourth-order valence-corrected chi connectivity index (χ4v) is 3.60. The second-order valence-electron chi connectivity index (χ2n) is 6.18. The average Bonchev–Trinajstić information content (AvgIpc) is 2.49. The molecular formula is C17H26FNO. The van der Waals surface area contributed by atoms with E-state index in [9.17, 15) is 4.39 Å². The van der Waals surface area contributed by atoms with Crippen molar-refractivity contribution in [3.8, 4) is 5.75 Å². The Hall–Kier alpha value is -1.09. The van der Waals surface area contributed by atoms with Gasteiger partial charge in [-0.15, -0.1) is 0 Å². The van der Waals surface area contributed by atoms with Crippen LogP contribution in [-0.2, 0) is 6.42 Å². The number of ether oxygens (including phenoxy) is 1. The monoisotopic (exact) mass is 279 g/mol. The van der Waals surface area contributed by atoms with Crippen LogP contribution in [0, 0.1) is 17.2 Å². The maximum atomic E-state index is 14.3. The first kappa shape index (κ1) is 15.3. The van der Waals surface area contributed by atoms with Gasteiger partial charge in [-0.25, -0.2) is 4.39 Å². The summed E-state index contributed by atoms with van der Waals surface area (Å²) < 4.78 is 19.4. The molecule has 0 aromatic heterocycles. The van der Waals surface area contributed by atoms with Crippen LogP contribution in [-0.4, -0.2) is 13.7 Å². The van der Waals surface area contributed by atoms with E-state index < -0.39 is 0 Å². The predicted molar refractivity (Wildman–Crippen MR) is 80.4 cm³/mol. The van der Waals surface area contributed by atoms with Crippen molar-refractivity contribution in [1.82, 2.24) is 0 Å². The molecule has 3 heteroatoms. The van der Waals surface area contributed by atoms with Gasteiger partial charge in [0, 0.05) is 0 Å². The van der Waals surface area contributed by atoms with Gasteiger partial charge >= 0.3 is 0 Å². The molecule has 2 unspecified atom stereocenters. The van der Waals surface area contributed by atoms with E-state index in [1.807, 2.05) is 12.1 Å². The minimum absolute atomic E-state index is 0.0616. The zero-order valence-corrected chi connectivity index (χ0v) is 12.6. The molecule has 0 radical (unpaired) electrons. The lowest BCUT2D eigenvalue weighted by molar-refractivity contribution is 0.141. The molecule has 0 aliphatic heterocycles. The second kappa shape index (κ2) is 6.57. The molecule has 1 aliphatic rings. The van der Waals surface area contributed by atoms with E-state index in [-0.39, 0.29) is 11.2 Å². The third-order valence-corrected chi connectivity index (χ3v) is 4.88. The summed E-state index contributed by atoms with van der Waals surface area (Å²) in [4.78, 5) is 0. The van der Waals surface area contributed by atoms with Crippen LogP contribution in [0.3, 0.4) is 0 Å². The predicted octanol–water partition coefficient (Wildman–Crippen LogP) is 3.92. The van der Waals surface area contributed by atoms with Crippen molar-refractivity contribution in [2.45, 2.75) is 45.4 Å². The van der Waals surface area contributed by atoms with E-state index in [4.69, 9.17) is 10.5 Å². The molecule has 0 amide bonds. The third kappa shape index (κ3) is 3.14. The highest BCUT2D eigenvalue weighted by Crippen LogP contribution is 2.43. The van der Waals surface area contributed by atoms with Crippen LogP contribution in [0.25, 0.3) is 0 Å². The van der Waals surface area contributed by atoms with Crippen molar-refractivity contribution in [2.75, 3.05) is 13.7 Å². The largest absolute Gasteiger partial charge is 0.494 e. The first-order valence-electron chi connectivity index (χ1n) is 7.65. The summed E-state index contributed by atoms with van der Waals surface area (Å²) in [5.74, 6) is 0.847. The summed E-state index contributed by atoms with van der Waals surface area (Å²) in [6.45, 7) is 2.88. The second-order valence-corrected chi connectivity index (χ2v) is 6.18. The number of hydrogen-bond donors (Lipinski definition) is 1. The Morgan fingerprint density at radius 3 is 2.90 bits per heavy atom. The van der Waals surface area contributed by atoms with Crippen molar-refractivity contribution < 1.29 is 9.13 Å². The molecule has 1 saturated carbocycles.